The fourth-order valence-corrected chi connectivity index (χ4v) is 2.36. The van der Waals surface area contributed by atoms with Crippen molar-refractivity contribution in [1.82, 2.24) is 0 Å². The largest absolute Gasteiger partial charge is 0.418 e. The molecule has 0 aliphatic heterocycles. The van der Waals surface area contributed by atoms with Gasteiger partial charge in [0.25, 0.3) is 0 Å². The van der Waals surface area contributed by atoms with E-state index in [2.05, 4.69) is 24.5 Å². The predicted molar refractivity (Wildman–Crippen MR) is 93.7 cm³/mol. The third-order valence-corrected chi connectivity index (χ3v) is 3.84. The van der Waals surface area contributed by atoms with Gasteiger partial charge < -0.3 is 10.6 Å². The van der Waals surface area contributed by atoms with E-state index in [1.807, 2.05) is 24.3 Å². The molecule has 1 unspecified atom stereocenters. The molecule has 0 spiro atoms. The van der Waals surface area contributed by atoms with Gasteiger partial charge in [-0.05, 0) is 42.7 Å². The lowest BCUT2D eigenvalue weighted by Crippen LogP contribution is -2.32. The number of hydrogen-bond donors (Lipinski definition) is 2. The molecule has 0 saturated heterocycles. The van der Waals surface area contributed by atoms with Crippen LogP contribution in [0.3, 0.4) is 0 Å². The number of carbonyl (C=O) groups is 1. The molecule has 2 N–H and O–H groups in total. The van der Waals surface area contributed by atoms with Crippen LogP contribution in [-0.4, -0.2) is 11.9 Å². The third-order valence-electron chi connectivity index (χ3n) is 3.84. The SMILES string of the molecule is CC(Nc1ccc(C(C)C)cc1)C(=O)Nc1ccccc1C(F)(F)F. The van der Waals surface area contributed by atoms with E-state index in [0.717, 1.165) is 11.8 Å². The molecule has 0 aliphatic rings. The molecule has 2 aromatic rings. The number of para-hydroxylation sites is 1. The molecular weight excluding hydrogens is 329 g/mol. The second kappa shape index (κ2) is 7.59. The Bertz CT molecular complexity index is 724. The van der Waals surface area contributed by atoms with Crippen LogP contribution in [0.4, 0.5) is 24.5 Å². The van der Waals surface area contributed by atoms with Crippen molar-refractivity contribution < 1.29 is 18.0 Å². The van der Waals surface area contributed by atoms with E-state index in [4.69, 9.17) is 0 Å². The average molecular weight is 350 g/mol. The first kappa shape index (κ1) is 18.8. The monoisotopic (exact) mass is 350 g/mol. The number of amides is 1. The molecule has 0 saturated carbocycles. The lowest BCUT2D eigenvalue weighted by Gasteiger charge is -2.18. The highest BCUT2D eigenvalue weighted by atomic mass is 19.4. The van der Waals surface area contributed by atoms with E-state index in [1.165, 1.54) is 23.8 Å². The molecule has 0 aliphatic carbocycles. The average Bonchev–Trinajstić information content (AvgIpc) is 2.54. The molecule has 2 rings (SSSR count). The normalized spacial score (nSPS) is 12.8. The molecule has 2 aromatic carbocycles. The first-order chi connectivity index (χ1) is 11.7. The van der Waals surface area contributed by atoms with Crippen molar-refractivity contribution >= 4 is 17.3 Å². The maximum absolute atomic E-state index is 13.0. The van der Waals surface area contributed by atoms with Crippen molar-refractivity contribution in [2.45, 2.75) is 38.9 Å². The molecule has 0 heterocycles. The molecule has 0 aromatic heterocycles. The Morgan fingerprint density at radius 2 is 1.56 bits per heavy atom. The van der Waals surface area contributed by atoms with Gasteiger partial charge in [0, 0.05) is 5.69 Å². The number of benzene rings is 2. The van der Waals surface area contributed by atoms with Crippen molar-refractivity contribution in [3.8, 4) is 0 Å². The van der Waals surface area contributed by atoms with Crippen LogP contribution >= 0.6 is 0 Å². The lowest BCUT2D eigenvalue weighted by molar-refractivity contribution is -0.137. The Balaban J connectivity index is 2.06. The minimum absolute atomic E-state index is 0.246. The molecule has 3 nitrogen and oxygen atoms in total. The zero-order valence-corrected chi connectivity index (χ0v) is 14.3. The molecule has 0 radical (unpaired) electrons. The number of carbonyl (C=O) groups excluding carboxylic acids is 1. The van der Waals surface area contributed by atoms with Crippen LogP contribution in [0.5, 0.6) is 0 Å². The van der Waals surface area contributed by atoms with E-state index in [1.54, 1.807) is 6.92 Å². The van der Waals surface area contributed by atoms with Gasteiger partial charge >= 0.3 is 6.18 Å². The van der Waals surface area contributed by atoms with Gasteiger partial charge in [0.15, 0.2) is 0 Å². The summed E-state index contributed by atoms with van der Waals surface area (Å²) < 4.78 is 38.9. The summed E-state index contributed by atoms with van der Waals surface area (Å²) in [4.78, 5) is 12.2. The summed E-state index contributed by atoms with van der Waals surface area (Å²) in [7, 11) is 0. The smallest absolute Gasteiger partial charge is 0.374 e. The maximum Gasteiger partial charge on any atom is 0.418 e. The van der Waals surface area contributed by atoms with Crippen LogP contribution in [0.25, 0.3) is 0 Å². The third kappa shape index (κ3) is 4.98. The van der Waals surface area contributed by atoms with Crippen molar-refractivity contribution in [3.05, 3.63) is 59.7 Å². The summed E-state index contributed by atoms with van der Waals surface area (Å²) in [5.74, 6) is -0.140. The van der Waals surface area contributed by atoms with Crippen molar-refractivity contribution in [3.63, 3.8) is 0 Å². The van der Waals surface area contributed by atoms with Crippen LogP contribution in [-0.2, 0) is 11.0 Å². The summed E-state index contributed by atoms with van der Waals surface area (Å²) >= 11 is 0. The van der Waals surface area contributed by atoms with Gasteiger partial charge in [-0.2, -0.15) is 13.2 Å². The Labute approximate surface area is 145 Å². The lowest BCUT2D eigenvalue weighted by atomic mass is 10.0. The molecule has 0 bridgehead atoms. The molecule has 134 valence electrons. The summed E-state index contributed by atoms with van der Waals surface area (Å²) in [5.41, 5.74) is 0.790. The van der Waals surface area contributed by atoms with Gasteiger partial charge in [-0.1, -0.05) is 38.1 Å². The molecule has 1 amide bonds. The number of anilines is 2. The van der Waals surface area contributed by atoms with Crippen molar-refractivity contribution in [2.75, 3.05) is 10.6 Å². The fraction of sp³-hybridized carbons (Fsp3) is 0.316. The van der Waals surface area contributed by atoms with Gasteiger partial charge in [-0.15, -0.1) is 0 Å². The van der Waals surface area contributed by atoms with Crippen molar-refractivity contribution in [1.29, 1.82) is 0 Å². The van der Waals surface area contributed by atoms with Crippen molar-refractivity contribution in [2.24, 2.45) is 0 Å². The molecule has 0 fully saturated rings. The quantitative estimate of drug-likeness (QED) is 0.771. The number of nitrogens with one attached hydrogen (secondary N) is 2. The Morgan fingerprint density at radius 3 is 2.12 bits per heavy atom. The minimum Gasteiger partial charge on any atom is -0.374 e. The summed E-state index contributed by atoms with van der Waals surface area (Å²) in [6, 6.07) is 11.8. The van der Waals surface area contributed by atoms with Crippen LogP contribution in [0.1, 0.15) is 37.8 Å². The highest BCUT2D eigenvalue weighted by molar-refractivity contribution is 5.96. The first-order valence-electron chi connectivity index (χ1n) is 8.02. The Morgan fingerprint density at radius 1 is 0.960 bits per heavy atom. The van der Waals surface area contributed by atoms with Gasteiger partial charge in [0.1, 0.15) is 6.04 Å². The standard InChI is InChI=1S/C19H21F3N2O/c1-12(2)14-8-10-15(11-9-14)23-13(3)18(25)24-17-7-5-4-6-16(17)19(20,21)22/h4-13,23H,1-3H3,(H,24,25). The van der Waals surface area contributed by atoms with Crippen LogP contribution < -0.4 is 10.6 Å². The number of halogens is 3. The zero-order valence-electron chi connectivity index (χ0n) is 14.3. The first-order valence-corrected chi connectivity index (χ1v) is 8.02. The van der Waals surface area contributed by atoms with E-state index < -0.39 is 23.7 Å². The number of hydrogen-bond acceptors (Lipinski definition) is 2. The van der Waals surface area contributed by atoms with E-state index in [0.29, 0.717) is 5.92 Å². The zero-order chi connectivity index (χ0) is 18.6. The highest BCUT2D eigenvalue weighted by Crippen LogP contribution is 2.34. The van der Waals surface area contributed by atoms with Crippen LogP contribution in [0.15, 0.2) is 48.5 Å². The summed E-state index contributed by atoms with van der Waals surface area (Å²) in [6.07, 6.45) is -4.52. The van der Waals surface area contributed by atoms with Gasteiger partial charge in [0.05, 0.1) is 11.3 Å². The van der Waals surface area contributed by atoms with E-state index in [-0.39, 0.29) is 5.69 Å². The van der Waals surface area contributed by atoms with Gasteiger partial charge in [-0.25, -0.2) is 0 Å². The highest BCUT2D eigenvalue weighted by Gasteiger charge is 2.33. The topological polar surface area (TPSA) is 41.1 Å². The molecule has 1 atom stereocenters. The van der Waals surface area contributed by atoms with E-state index in [9.17, 15) is 18.0 Å². The summed E-state index contributed by atoms with van der Waals surface area (Å²) in [6.45, 7) is 5.76. The second-order valence-electron chi connectivity index (χ2n) is 6.18. The molecular formula is C19H21F3N2O. The second-order valence-corrected chi connectivity index (χ2v) is 6.18. The molecule has 25 heavy (non-hydrogen) atoms. The predicted octanol–water partition coefficient (Wildman–Crippen LogP) is 5.27. The van der Waals surface area contributed by atoms with Crippen LogP contribution in [0, 0.1) is 0 Å². The Kier molecular flexibility index (Phi) is 5.72. The minimum atomic E-state index is -4.52. The number of alkyl halides is 3. The number of rotatable bonds is 5. The van der Waals surface area contributed by atoms with Gasteiger partial charge in [0.2, 0.25) is 5.91 Å². The maximum atomic E-state index is 13.0. The van der Waals surface area contributed by atoms with E-state index >= 15 is 0 Å². The Hall–Kier alpha value is -2.50. The summed E-state index contributed by atoms with van der Waals surface area (Å²) in [5, 5.41) is 5.34. The fourth-order valence-electron chi connectivity index (χ4n) is 2.36. The van der Waals surface area contributed by atoms with Gasteiger partial charge in [-0.3, -0.25) is 4.79 Å². The van der Waals surface area contributed by atoms with Crippen LogP contribution in [0.2, 0.25) is 0 Å². The molecule has 6 heteroatoms.